The fourth-order valence-corrected chi connectivity index (χ4v) is 1.65. The molecule has 8 nitrogen and oxygen atoms in total. The lowest BCUT2D eigenvalue weighted by Crippen LogP contribution is -2.29. The third-order valence-electron chi connectivity index (χ3n) is 2.77. The van der Waals surface area contributed by atoms with Gasteiger partial charge in [0.2, 0.25) is 11.6 Å². The number of aromatic nitrogens is 2. The largest absolute Gasteiger partial charge is 0.364 e. The molecule has 0 aliphatic heterocycles. The van der Waals surface area contributed by atoms with Gasteiger partial charge in [-0.2, -0.15) is 0 Å². The van der Waals surface area contributed by atoms with Crippen molar-refractivity contribution in [3.8, 4) is 0 Å². The van der Waals surface area contributed by atoms with Gasteiger partial charge < -0.3 is 15.1 Å². The molecule has 0 saturated carbocycles. The molecular weight excluding hydrogens is 260 g/mol. The van der Waals surface area contributed by atoms with Crippen molar-refractivity contribution in [2.24, 2.45) is 0 Å². The van der Waals surface area contributed by atoms with Crippen LogP contribution in [0.4, 0.5) is 17.3 Å². The van der Waals surface area contributed by atoms with Crippen LogP contribution >= 0.6 is 0 Å². The number of nitro groups is 1. The SMILES string of the molecule is CCCNc1ncnc(N(C)CCN(C)C)c1[N+](=O)[O-]. The Morgan fingerprint density at radius 3 is 2.55 bits per heavy atom. The van der Waals surface area contributed by atoms with Gasteiger partial charge in [-0.05, 0) is 20.5 Å². The van der Waals surface area contributed by atoms with Crippen LogP contribution < -0.4 is 10.2 Å². The molecule has 0 bridgehead atoms. The lowest BCUT2D eigenvalue weighted by atomic mass is 10.3. The van der Waals surface area contributed by atoms with Gasteiger partial charge in [-0.1, -0.05) is 6.92 Å². The minimum atomic E-state index is -0.431. The maximum Gasteiger partial charge on any atom is 0.353 e. The highest BCUT2D eigenvalue weighted by molar-refractivity contribution is 5.70. The van der Waals surface area contributed by atoms with E-state index in [1.165, 1.54) is 6.33 Å². The molecule has 0 unspecified atom stereocenters. The van der Waals surface area contributed by atoms with Crippen molar-refractivity contribution in [2.45, 2.75) is 13.3 Å². The van der Waals surface area contributed by atoms with Crippen molar-refractivity contribution < 1.29 is 4.92 Å². The first kappa shape index (κ1) is 16.1. The summed E-state index contributed by atoms with van der Waals surface area (Å²) in [5.41, 5.74) is -0.0674. The first-order chi connectivity index (χ1) is 9.47. The summed E-state index contributed by atoms with van der Waals surface area (Å²) in [6, 6.07) is 0. The van der Waals surface area contributed by atoms with Crippen LogP contribution in [0.25, 0.3) is 0 Å². The molecule has 0 radical (unpaired) electrons. The van der Waals surface area contributed by atoms with E-state index in [0.717, 1.165) is 13.0 Å². The molecule has 0 aliphatic rings. The van der Waals surface area contributed by atoms with Crippen LogP contribution in [0.15, 0.2) is 6.33 Å². The van der Waals surface area contributed by atoms with E-state index < -0.39 is 4.92 Å². The van der Waals surface area contributed by atoms with E-state index in [2.05, 4.69) is 15.3 Å². The Morgan fingerprint density at radius 1 is 1.30 bits per heavy atom. The molecule has 0 amide bonds. The van der Waals surface area contributed by atoms with Crippen LogP contribution in [0.2, 0.25) is 0 Å². The molecule has 1 aromatic rings. The first-order valence-electron chi connectivity index (χ1n) is 6.56. The van der Waals surface area contributed by atoms with Gasteiger partial charge in [-0.25, -0.2) is 9.97 Å². The van der Waals surface area contributed by atoms with Gasteiger partial charge in [0.1, 0.15) is 6.33 Å². The Kier molecular flexibility index (Phi) is 6.10. The average molecular weight is 282 g/mol. The van der Waals surface area contributed by atoms with Crippen molar-refractivity contribution in [2.75, 3.05) is 51.0 Å². The number of hydrogen-bond donors (Lipinski definition) is 1. The first-order valence-corrected chi connectivity index (χ1v) is 6.56. The number of rotatable bonds is 8. The van der Waals surface area contributed by atoms with E-state index in [-0.39, 0.29) is 11.5 Å². The molecule has 0 aliphatic carbocycles. The summed E-state index contributed by atoms with van der Waals surface area (Å²) in [7, 11) is 5.70. The molecular formula is C12H22N6O2. The molecule has 0 fully saturated rings. The van der Waals surface area contributed by atoms with E-state index in [1.807, 2.05) is 25.9 Å². The molecule has 0 spiro atoms. The van der Waals surface area contributed by atoms with Crippen LogP contribution in [0.1, 0.15) is 13.3 Å². The summed E-state index contributed by atoms with van der Waals surface area (Å²) in [5.74, 6) is 0.615. The highest BCUT2D eigenvalue weighted by atomic mass is 16.6. The maximum atomic E-state index is 11.3. The monoisotopic (exact) mass is 282 g/mol. The van der Waals surface area contributed by atoms with Crippen LogP contribution in [0, 0.1) is 10.1 Å². The van der Waals surface area contributed by atoms with E-state index in [0.29, 0.717) is 18.9 Å². The van der Waals surface area contributed by atoms with Gasteiger partial charge in [0.25, 0.3) is 0 Å². The Bertz CT molecular complexity index is 452. The number of hydrogen-bond acceptors (Lipinski definition) is 7. The topological polar surface area (TPSA) is 87.4 Å². The lowest BCUT2D eigenvalue weighted by molar-refractivity contribution is -0.383. The summed E-state index contributed by atoms with van der Waals surface area (Å²) in [5, 5.41) is 14.3. The van der Waals surface area contributed by atoms with E-state index >= 15 is 0 Å². The number of nitrogens with one attached hydrogen (secondary N) is 1. The quantitative estimate of drug-likeness (QED) is 0.566. The Labute approximate surface area is 119 Å². The van der Waals surface area contributed by atoms with Gasteiger partial charge in [0, 0.05) is 26.7 Å². The highest BCUT2D eigenvalue weighted by Crippen LogP contribution is 2.30. The zero-order chi connectivity index (χ0) is 15.1. The van der Waals surface area contributed by atoms with Crippen molar-refractivity contribution in [3.63, 3.8) is 0 Å². The fraction of sp³-hybridized carbons (Fsp3) is 0.667. The molecule has 8 heteroatoms. The second-order valence-electron chi connectivity index (χ2n) is 4.80. The van der Waals surface area contributed by atoms with Crippen molar-refractivity contribution in [3.05, 3.63) is 16.4 Å². The summed E-state index contributed by atoms with van der Waals surface area (Å²) in [4.78, 5) is 22.7. The van der Waals surface area contributed by atoms with Gasteiger partial charge in [0.15, 0.2) is 0 Å². The van der Waals surface area contributed by atoms with Crippen molar-refractivity contribution >= 4 is 17.3 Å². The highest BCUT2D eigenvalue weighted by Gasteiger charge is 2.25. The fourth-order valence-electron chi connectivity index (χ4n) is 1.65. The van der Waals surface area contributed by atoms with E-state index in [1.54, 1.807) is 11.9 Å². The normalized spacial score (nSPS) is 10.7. The van der Waals surface area contributed by atoms with Crippen LogP contribution in [0.3, 0.4) is 0 Å². The second kappa shape index (κ2) is 7.59. The molecule has 0 saturated heterocycles. The van der Waals surface area contributed by atoms with Crippen LogP contribution in [0.5, 0.6) is 0 Å². The van der Waals surface area contributed by atoms with Crippen molar-refractivity contribution in [1.29, 1.82) is 0 Å². The van der Waals surface area contributed by atoms with Crippen LogP contribution in [-0.2, 0) is 0 Å². The molecule has 1 rings (SSSR count). The van der Waals surface area contributed by atoms with E-state index in [9.17, 15) is 10.1 Å². The maximum absolute atomic E-state index is 11.3. The van der Waals surface area contributed by atoms with Gasteiger partial charge in [0.05, 0.1) is 4.92 Å². The van der Waals surface area contributed by atoms with Crippen molar-refractivity contribution in [1.82, 2.24) is 14.9 Å². The number of anilines is 2. The third-order valence-corrected chi connectivity index (χ3v) is 2.77. The van der Waals surface area contributed by atoms with Crippen LogP contribution in [-0.4, -0.2) is 60.6 Å². The second-order valence-corrected chi connectivity index (χ2v) is 4.80. The van der Waals surface area contributed by atoms with Gasteiger partial charge >= 0.3 is 5.69 Å². The smallest absolute Gasteiger partial charge is 0.353 e. The van der Waals surface area contributed by atoms with E-state index in [4.69, 9.17) is 0 Å². The minimum absolute atomic E-state index is 0.0674. The summed E-state index contributed by atoms with van der Waals surface area (Å²) >= 11 is 0. The lowest BCUT2D eigenvalue weighted by Gasteiger charge is -2.20. The number of nitrogens with zero attached hydrogens (tertiary/aromatic N) is 5. The molecule has 1 aromatic heterocycles. The predicted octanol–water partition coefficient (Wildman–Crippen LogP) is 1.20. The Hall–Kier alpha value is -1.96. The van der Waals surface area contributed by atoms with Gasteiger partial charge in [-0.15, -0.1) is 0 Å². The van der Waals surface area contributed by atoms with Gasteiger partial charge in [-0.3, -0.25) is 10.1 Å². The summed E-state index contributed by atoms with van der Waals surface area (Å²) < 4.78 is 0. The Morgan fingerprint density at radius 2 is 2.00 bits per heavy atom. The number of likely N-dealkylation sites (N-methyl/N-ethyl adjacent to an activating group) is 2. The summed E-state index contributed by atoms with van der Waals surface area (Å²) in [6.45, 7) is 4.07. The summed E-state index contributed by atoms with van der Waals surface area (Å²) in [6.07, 6.45) is 2.22. The molecule has 20 heavy (non-hydrogen) atoms. The molecule has 1 N–H and O–H groups in total. The molecule has 0 aromatic carbocycles. The minimum Gasteiger partial charge on any atom is -0.364 e. The average Bonchev–Trinajstić information content (AvgIpc) is 2.41. The zero-order valence-corrected chi connectivity index (χ0v) is 12.5. The molecule has 0 atom stereocenters. The third kappa shape index (κ3) is 4.30. The molecule has 112 valence electrons. The Balaban J connectivity index is 3.02. The zero-order valence-electron chi connectivity index (χ0n) is 12.5. The standard InChI is InChI=1S/C12H22N6O2/c1-5-6-13-11-10(18(19)20)12(15-9-14-11)17(4)8-7-16(2)3/h9H,5-8H2,1-4H3,(H,13,14,15). The predicted molar refractivity (Wildman–Crippen MR) is 79.3 cm³/mol. The molecule has 1 heterocycles.